The van der Waals surface area contributed by atoms with Gasteiger partial charge in [-0.3, -0.25) is 4.90 Å². The van der Waals surface area contributed by atoms with Crippen LogP contribution in [0.3, 0.4) is 0 Å². The number of para-hydroxylation sites is 1. The van der Waals surface area contributed by atoms with Crippen molar-refractivity contribution < 1.29 is 18.3 Å². The van der Waals surface area contributed by atoms with Gasteiger partial charge in [0.2, 0.25) is 0 Å². The number of fused-ring (bicyclic) bond motifs is 2. The number of hydrogen-bond donors (Lipinski definition) is 1. The van der Waals surface area contributed by atoms with Crippen molar-refractivity contribution in [2.75, 3.05) is 13.1 Å². The van der Waals surface area contributed by atoms with Crippen molar-refractivity contribution >= 4 is 22.4 Å². The fourth-order valence-corrected chi connectivity index (χ4v) is 5.84. The first kappa shape index (κ1) is 20.6. The maximum atomic E-state index is 13.7. The van der Waals surface area contributed by atoms with Gasteiger partial charge in [0.25, 0.3) is 0 Å². The summed E-state index contributed by atoms with van der Waals surface area (Å²) in [5.41, 5.74) is 2.98. The van der Waals surface area contributed by atoms with Crippen LogP contribution in [0, 0.1) is 0 Å². The van der Waals surface area contributed by atoms with E-state index in [2.05, 4.69) is 44.7 Å². The van der Waals surface area contributed by atoms with Gasteiger partial charge in [0.05, 0.1) is 0 Å². The third kappa shape index (κ3) is 3.67. The molecule has 0 spiro atoms. The number of pyridine rings is 1. The van der Waals surface area contributed by atoms with Gasteiger partial charge in [-0.1, -0.05) is 18.6 Å². The highest BCUT2D eigenvalue weighted by Crippen LogP contribution is 2.48. The molecule has 5 heterocycles. The van der Waals surface area contributed by atoms with E-state index in [0.29, 0.717) is 17.3 Å². The lowest BCUT2D eigenvalue weighted by Gasteiger charge is -2.31. The van der Waals surface area contributed by atoms with Crippen LogP contribution < -0.4 is 9.47 Å². The maximum Gasteiger partial charge on any atom is 0.586 e. The fourth-order valence-electron chi connectivity index (χ4n) is 4.76. The Kier molecular flexibility index (Phi) is 4.88. The molecule has 1 atom stereocenters. The van der Waals surface area contributed by atoms with Crippen LogP contribution in [0.4, 0.5) is 8.78 Å². The first-order valence-corrected chi connectivity index (χ1v) is 12.0. The fraction of sp³-hybridized carbons (Fsp3) is 0.320. The molecular formula is C25H23F2N3O2S. The molecule has 1 N–H and O–H groups in total. The average Bonchev–Trinajstić information content (AvgIpc) is 3.54. The molecule has 0 radical (unpaired) electrons. The van der Waals surface area contributed by atoms with Gasteiger partial charge in [-0.15, -0.1) is 20.1 Å². The summed E-state index contributed by atoms with van der Waals surface area (Å²) in [6.07, 6.45) is 3.82. The second-order valence-electron chi connectivity index (χ2n) is 8.60. The largest absolute Gasteiger partial charge is 0.586 e. The summed E-state index contributed by atoms with van der Waals surface area (Å²) < 4.78 is 36.8. The quantitative estimate of drug-likeness (QED) is 0.358. The zero-order valence-electron chi connectivity index (χ0n) is 18.1. The Morgan fingerprint density at radius 1 is 1.09 bits per heavy atom. The maximum absolute atomic E-state index is 13.7. The first-order chi connectivity index (χ1) is 16.0. The molecule has 3 aromatic heterocycles. The Morgan fingerprint density at radius 3 is 2.79 bits per heavy atom. The molecule has 1 aromatic carbocycles. The molecule has 33 heavy (non-hydrogen) atoms. The summed E-state index contributed by atoms with van der Waals surface area (Å²) in [5, 5.41) is 0.846. The molecule has 0 saturated carbocycles. The van der Waals surface area contributed by atoms with E-state index in [4.69, 9.17) is 4.74 Å². The monoisotopic (exact) mass is 467 g/mol. The molecule has 2 aliphatic heterocycles. The summed E-state index contributed by atoms with van der Waals surface area (Å²) in [7, 11) is 0. The number of nitrogens with zero attached hydrogens (tertiary/aromatic N) is 2. The van der Waals surface area contributed by atoms with Gasteiger partial charge in [0, 0.05) is 50.3 Å². The van der Waals surface area contributed by atoms with E-state index >= 15 is 0 Å². The van der Waals surface area contributed by atoms with Gasteiger partial charge in [0.15, 0.2) is 11.5 Å². The van der Waals surface area contributed by atoms with Gasteiger partial charge in [0.1, 0.15) is 5.65 Å². The smallest absolute Gasteiger partial charge is 0.395 e. The molecule has 5 nitrogen and oxygen atoms in total. The predicted molar refractivity (Wildman–Crippen MR) is 125 cm³/mol. The second kappa shape index (κ2) is 7.81. The van der Waals surface area contributed by atoms with Crippen molar-refractivity contribution in [3.63, 3.8) is 0 Å². The molecule has 6 rings (SSSR count). The van der Waals surface area contributed by atoms with E-state index in [-0.39, 0.29) is 11.5 Å². The molecule has 8 heteroatoms. The molecule has 170 valence electrons. The lowest BCUT2D eigenvalue weighted by atomic mass is 10.0. The number of halogens is 2. The number of aromatic amines is 1. The summed E-state index contributed by atoms with van der Waals surface area (Å²) in [6, 6.07) is 11.7. The van der Waals surface area contributed by atoms with Crippen LogP contribution >= 0.6 is 11.3 Å². The van der Waals surface area contributed by atoms with Crippen LogP contribution in [-0.2, 0) is 0 Å². The van der Waals surface area contributed by atoms with E-state index in [0.717, 1.165) is 34.5 Å². The number of alkyl halides is 2. The van der Waals surface area contributed by atoms with Crippen LogP contribution in [-0.4, -0.2) is 34.3 Å². The summed E-state index contributed by atoms with van der Waals surface area (Å²) in [4.78, 5) is 12.8. The number of thiophene rings is 1. The summed E-state index contributed by atoms with van der Waals surface area (Å²) in [6.45, 7) is 4.59. The van der Waals surface area contributed by atoms with Gasteiger partial charge >= 0.3 is 6.29 Å². The van der Waals surface area contributed by atoms with E-state index in [1.54, 1.807) is 29.7 Å². The minimum absolute atomic E-state index is 0.0329. The number of rotatable bonds is 4. The van der Waals surface area contributed by atoms with Gasteiger partial charge in [-0.25, -0.2) is 4.98 Å². The van der Waals surface area contributed by atoms with E-state index in [9.17, 15) is 8.78 Å². The number of piperidine rings is 1. The number of likely N-dealkylation sites (tertiary alicyclic amines) is 1. The number of hydrogen-bond acceptors (Lipinski definition) is 5. The second-order valence-corrected chi connectivity index (χ2v) is 9.71. The lowest BCUT2D eigenvalue weighted by molar-refractivity contribution is -0.286. The Hall–Kier alpha value is -2.97. The van der Waals surface area contributed by atoms with E-state index < -0.39 is 6.29 Å². The number of aromatic nitrogens is 2. The van der Waals surface area contributed by atoms with Crippen LogP contribution in [0.5, 0.6) is 11.5 Å². The Bertz CT molecular complexity index is 1330. The van der Waals surface area contributed by atoms with Crippen molar-refractivity contribution in [2.45, 2.75) is 38.5 Å². The van der Waals surface area contributed by atoms with Gasteiger partial charge in [-0.2, -0.15) is 0 Å². The SMILES string of the molecule is CC(c1ccc(-c2cnc3[nH]cc(-c4cccc5c4OC(F)(F)O5)c3c2)s1)N1CCCCC1. The molecule has 0 bridgehead atoms. The van der Waals surface area contributed by atoms with E-state index in [1.165, 1.54) is 30.2 Å². The van der Waals surface area contributed by atoms with Crippen LogP contribution in [0.15, 0.2) is 48.8 Å². The molecule has 0 aliphatic carbocycles. The molecule has 2 aliphatic rings. The third-order valence-corrected chi connectivity index (χ3v) is 7.82. The Labute approximate surface area is 194 Å². The van der Waals surface area contributed by atoms with Gasteiger partial charge in [-0.05, 0) is 57.1 Å². The zero-order chi connectivity index (χ0) is 22.6. The van der Waals surface area contributed by atoms with Crippen molar-refractivity contribution in [3.8, 4) is 33.1 Å². The van der Waals surface area contributed by atoms with Crippen LogP contribution in [0.25, 0.3) is 32.6 Å². The number of ether oxygens (including phenoxy) is 2. The van der Waals surface area contributed by atoms with Gasteiger partial charge < -0.3 is 14.5 Å². The highest BCUT2D eigenvalue weighted by molar-refractivity contribution is 7.15. The predicted octanol–water partition coefficient (Wildman–Crippen LogP) is 6.83. The summed E-state index contributed by atoms with van der Waals surface area (Å²) >= 11 is 1.78. The Morgan fingerprint density at radius 2 is 1.94 bits per heavy atom. The minimum Gasteiger partial charge on any atom is -0.395 e. The highest BCUT2D eigenvalue weighted by atomic mass is 32.1. The first-order valence-electron chi connectivity index (χ1n) is 11.2. The number of H-pyrrole nitrogens is 1. The Balaban J connectivity index is 1.36. The third-order valence-electron chi connectivity index (χ3n) is 6.51. The van der Waals surface area contributed by atoms with Crippen LogP contribution in [0.2, 0.25) is 0 Å². The van der Waals surface area contributed by atoms with Crippen molar-refractivity contribution in [3.05, 3.63) is 53.7 Å². The number of benzene rings is 1. The summed E-state index contributed by atoms with van der Waals surface area (Å²) in [5.74, 6) is 0.0770. The molecule has 4 aromatic rings. The minimum atomic E-state index is -3.66. The highest BCUT2D eigenvalue weighted by Gasteiger charge is 2.44. The molecule has 0 amide bonds. The normalized spacial score (nSPS) is 18.6. The molecule has 1 unspecified atom stereocenters. The molecular weight excluding hydrogens is 444 g/mol. The lowest BCUT2D eigenvalue weighted by Crippen LogP contribution is -2.31. The standard InChI is InChI=1S/C25H23F2N3O2S/c1-15(30-10-3-2-4-11-30)21-8-9-22(33-21)16-12-18-19(14-29-24(18)28-13-16)17-6-5-7-20-23(17)32-25(26,27)31-20/h5-9,12-15H,2-4,10-11H2,1H3,(H,28,29). The zero-order valence-corrected chi connectivity index (χ0v) is 18.9. The average molecular weight is 468 g/mol. The number of nitrogens with one attached hydrogen (secondary N) is 1. The van der Waals surface area contributed by atoms with Crippen molar-refractivity contribution in [1.82, 2.24) is 14.9 Å². The van der Waals surface area contributed by atoms with E-state index in [1.807, 2.05) is 6.20 Å². The van der Waals surface area contributed by atoms with Crippen molar-refractivity contribution in [2.24, 2.45) is 0 Å². The van der Waals surface area contributed by atoms with Crippen LogP contribution in [0.1, 0.15) is 37.1 Å². The molecule has 1 saturated heterocycles. The van der Waals surface area contributed by atoms with Crippen molar-refractivity contribution in [1.29, 1.82) is 0 Å². The topological polar surface area (TPSA) is 50.4 Å². The molecule has 1 fully saturated rings.